The van der Waals surface area contributed by atoms with Crippen molar-refractivity contribution >= 4 is 5.91 Å². The Morgan fingerprint density at radius 3 is 2.55 bits per heavy atom. The van der Waals surface area contributed by atoms with Gasteiger partial charge in [0.25, 0.3) is 0 Å². The second-order valence-corrected chi connectivity index (χ2v) is 5.98. The Morgan fingerprint density at radius 2 is 2.10 bits per heavy atom. The Hall–Kier alpha value is -1.46. The largest absolute Gasteiger partial charge is 0.396 e. The first kappa shape index (κ1) is 16.6. The van der Waals surface area contributed by atoms with Crippen LogP contribution in [-0.4, -0.2) is 23.7 Å². The zero-order chi connectivity index (χ0) is 15.3. The van der Waals surface area contributed by atoms with Crippen LogP contribution in [-0.2, 0) is 6.54 Å². The van der Waals surface area contributed by atoms with Crippen molar-refractivity contribution in [3.63, 3.8) is 0 Å². The van der Waals surface area contributed by atoms with Gasteiger partial charge in [0.15, 0.2) is 0 Å². The fraction of sp³-hybridized carbons (Fsp3) is 0.533. The summed E-state index contributed by atoms with van der Waals surface area (Å²) >= 11 is 0. The van der Waals surface area contributed by atoms with Crippen molar-refractivity contribution in [2.24, 2.45) is 11.1 Å². The summed E-state index contributed by atoms with van der Waals surface area (Å²) < 4.78 is 13.8. The van der Waals surface area contributed by atoms with Crippen LogP contribution in [0.3, 0.4) is 0 Å². The third-order valence-corrected chi connectivity index (χ3v) is 3.34. The number of nitrogens with one attached hydrogen (secondary N) is 1. The van der Waals surface area contributed by atoms with Gasteiger partial charge < -0.3 is 16.2 Å². The van der Waals surface area contributed by atoms with Crippen LogP contribution < -0.4 is 11.1 Å². The van der Waals surface area contributed by atoms with Crippen LogP contribution >= 0.6 is 0 Å². The highest BCUT2D eigenvalue weighted by Gasteiger charge is 2.23. The average molecular weight is 282 g/mol. The highest BCUT2D eigenvalue weighted by molar-refractivity contribution is 5.92. The van der Waals surface area contributed by atoms with E-state index in [1.54, 1.807) is 6.07 Å². The van der Waals surface area contributed by atoms with Crippen molar-refractivity contribution < 1.29 is 14.3 Å². The normalized spacial score (nSPS) is 13.2. The first-order chi connectivity index (χ1) is 9.25. The summed E-state index contributed by atoms with van der Waals surface area (Å²) in [4.78, 5) is 11.0. The van der Waals surface area contributed by atoms with Crippen LogP contribution in [0.4, 0.5) is 4.39 Å². The van der Waals surface area contributed by atoms with Crippen molar-refractivity contribution in [2.75, 3.05) is 6.61 Å². The molecule has 0 saturated heterocycles. The molecule has 5 heteroatoms. The minimum Gasteiger partial charge on any atom is -0.396 e. The Kier molecular flexibility index (Phi) is 5.65. The van der Waals surface area contributed by atoms with E-state index in [2.05, 4.69) is 26.1 Å². The zero-order valence-corrected chi connectivity index (χ0v) is 12.2. The number of primary amides is 1. The molecule has 4 nitrogen and oxygen atoms in total. The van der Waals surface area contributed by atoms with Crippen LogP contribution in [0.1, 0.15) is 43.1 Å². The molecule has 0 aliphatic carbocycles. The molecule has 0 aliphatic heterocycles. The number of nitrogens with two attached hydrogens (primary N) is 1. The first-order valence-corrected chi connectivity index (χ1v) is 6.68. The van der Waals surface area contributed by atoms with Crippen LogP contribution in [0, 0.1) is 11.2 Å². The maximum atomic E-state index is 13.8. The van der Waals surface area contributed by atoms with Gasteiger partial charge in [0.2, 0.25) is 5.91 Å². The summed E-state index contributed by atoms with van der Waals surface area (Å²) in [5.41, 5.74) is 5.70. The van der Waals surface area contributed by atoms with E-state index in [1.807, 2.05) is 0 Å². The minimum atomic E-state index is -0.642. The number of hydrogen-bond donors (Lipinski definition) is 3. The fourth-order valence-electron chi connectivity index (χ4n) is 2.05. The van der Waals surface area contributed by atoms with E-state index < -0.39 is 11.7 Å². The van der Waals surface area contributed by atoms with Gasteiger partial charge in [0.1, 0.15) is 5.82 Å². The predicted octanol–water partition coefficient (Wildman–Crippen LogP) is 1.81. The van der Waals surface area contributed by atoms with E-state index in [1.165, 1.54) is 6.07 Å². The minimum absolute atomic E-state index is 0.0353. The number of aliphatic hydroxyl groups is 1. The predicted molar refractivity (Wildman–Crippen MR) is 76.7 cm³/mol. The molecule has 0 aliphatic rings. The third-order valence-electron chi connectivity index (χ3n) is 3.34. The molecular weight excluding hydrogens is 259 g/mol. The Morgan fingerprint density at radius 1 is 1.45 bits per heavy atom. The summed E-state index contributed by atoms with van der Waals surface area (Å²) in [5, 5.41) is 12.3. The molecule has 1 atom stereocenters. The molecule has 0 aromatic heterocycles. The smallest absolute Gasteiger partial charge is 0.248 e. The average Bonchev–Trinajstić information content (AvgIpc) is 2.34. The molecule has 0 radical (unpaired) electrons. The Bertz CT molecular complexity index is 469. The number of benzene rings is 1. The molecule has 4 N–H and O–H groups in total. The van der Waals surface area contributed by atoms with Crippen LogP contribution in [0.5, 0.6) is 0 Å². The lowest BCUT2D eigenvalue weighted by molar-refractivity contribution is 0.1000. The van der Waals surface area contributed by atoms with E-state index in [0.29, 0.717) is 18.5 Å². The molecule has 20 heavy (non-hydrogen) atoms. The number of amides is 1. The van der Waals surface area contributed by atoms with Crippen molar-refractivity contribution in [3.05, 3.63) is 35.1 Å². The standard InChI is InChI=1S/C15H23FN2O2/c1-15(2,3)13(6-7-19)18-9-11-5-4-10(14(17)20)8-12(11)16/h4-5,8,13,18-19H,6-7,9H2,1-3H3,(H2,17,20). The summed E-state index contributed by atoms with van der Waals surface area (Å²) in [6.07, 6.45) is 0.602. The highest BCUT2D eigenvalue weighted by atomic mass is 19.1. The lowest BCUT2D eigenvalue weighted by atomic mass is 9.85. The number of rotatable bonds is 6. The van der Waals surface area contributed by atoms with Crippen LogP contribution in [0.15, 0.2) is 18.2 Å². The topological polar surface area (TPSA) is 75.3 Å². The number of carbonyl (C=O) groups excluding carboxylic acids is 1. The van der Waals surface area contributed by atoms with Crippen molar-refractivity contribution in [3.8, 4) is 0 Å². The molecule has 112 valence electrons. The van der Waals surface area contributed by atoms with Crippen molar-refractivity contribution in [1.82, 2.24) is 5.32 Å². The lowest BCUT2D eigenvalue weighted by Gasteiger charge is -2.31. The molecule has 0 spiro atoms. The van der Waals surface area contributed by atoms with Crippen molar-refractivity contribution in [2.45, 2.75) is 39.8 Å². The van der Waals surface area contributed by atoms with E-state index in [0.717, 1.165) is 6.07 Å². The summed E-state index contributed by atoms with van der Waals surface area (Å²) in [5.74, 6) is -1.10. The second kappa shape index (κ2) is 6.81. The van der Waals surface area contributed by atoms with Gasteiger partial charge in [-0.25, -0.2) is 4.39 Å². The molecule has 1 unspecified atom stereocenters. The molecule has 1 amide bonds. The van der Waals surface area contributed by atoms with Gasteiger partial charge in [-0.3, -0.25) is 4.79 Å². The third kappa shape index (κ3) is 4.58. The van der Waals surface area contributed by atoms with Crippen molar-refractivity contribution in [1.29, 1.82) is 0 Å². The van der Waals surface area contributed by atoms with Gasteiger partial charge in [-0.15, -0.1) is 0 Å². The van der Waals surface area contributed by atoms with E-state index in [4.69, 9.17) is 10.8 Å². The summed E-state index contributed by atoms with van der Waals surface area (Å²) in [6.45, 7) is 6.61. The molecule has 1 aromatic carbocycles. The van der Waals surface area contributed by atoms with Crippen LogP contribution in [0.2, 0.25) is 0 Å². The SMILES string of the molecule is CC(C)(C)C(CCO)NCc1ccc(C(N)=O)cc1F. The maximum Gasteiger partial charge on any atom is 0.248 e. The lowest BCUT2D eigenvalue weighted by Crippen LogP contribution is -2.40. The van der Waals surface area contributed by atoms with Gasteiger partial charge in [-0.2, -0.15) is 0 Å². The van der Waals surface area contributed by atoms with Gasteiger partial charge in [-0.1, -0.05) is 26.8 Å². The van der Waals surface area contributed by atoms with Gasteiger partial charge in [0.05, 0.1) is 0 Å². The van der Waals surface area contributed by atoms with E-state index in [-0.39, 0.29) is 23.6 Å². The fourth-order valence-corrected chi connectivity index (χ4v) is 2.05. The molecule has 0 heterocycles. The number of halogens is 1. The monoisotopic (exact) mass is 282 g/mol. The molecule has 0 saturated carbocycles. The molecule has 0 fully saturated rings. The second-order valence-electron chi connectivity index (χ2n) is 5.98. The van der Waals surface area contributed by atoms with Gasteiger partial charge in [0, 0.05) is 30.3 Å². The number of hydrogen-bond acceptors (Lipinski definition) is 3. The molecule has 1 rings (SSSR count). The van der Waals surface area contributed by atoms with Gasteiger partial charge >= 0.3 is 0 Å². The Balaban J connectivity index is 2.76. The summed E-state index contributed by atoms with van der Waals surface area (Å²) in [7, 11) is 0. The quantitative estimate of drug-likeness (QED) is 0.745. The number of carbonyl (C=O) groups is 1. The molecular formula is C15H23FN2O2. The highest BCUT2D eigenvalue weighted by Crippen LogP contribution is 2.22. The zero-order valence-electron chi connectivity index (χ0n) is 12.2. The van der Waals surface area contributed by atoms with Gasteiger partial charge in [-0.05, 0) is 24.0 Å². The molecule has 0 bridgehead atoms. The first-order valence-electron chi connectivity index (χ1n) is 6.68. The number of aliphatic hydroxyl groups excluding tert-OH is 1. The van der Waals surface area contributed by atoms with E-state index in [9.17, 15) is 9.18 Å². The Labute approximate surface area is 119 Å². The summed E-state index contributed by atoms with van der Waals surface area (Å²) in [6, 6.07) is 4.29. The van der Waals surface area contributed by atoms with Crippen LogP contribution in [0.25, 0.3) is 0 Å². The molecule has 1 aromatic rings. The van der Waals surface area contributed by atoms with E-state index >= 15 is 0 Å². The maximum absolute atomic E-state index is 13.8.